The summed E-state index contributed by atoms with van der Waals surface area (Å²) in [5, 5.41) is 9.67. The predicted molar refractivity (Wildman–Crippen MR) is 53.9 cm³/mol. The fourth-order valence-corrected chi connectivity index (χ4v) is 1.69. The van der Waals surface area contributed by atoms with Crippen LogP contribution in [0.25, 0.3) is 10.9 Å². The van der Waals surface area contributed by atoms with E-state index in [1.165, 1.54) is 12.1 Å². The van der Waals surface area contributed by atoms with Crippen molar-refractivity contribution in [1.29, 1.82) is 0 Å². The van der Waals surface area contributed by atoms with E-state index in [1.54, 1.807) is 0 Å². The van der Waals surface area contributed by atoms with Crippen molar-refractivity contribution < 1.29 is 9.50 Å². The number of halogens is 2. The average Bonchev–Trinajstić information content (AvgIpc) is 2.07. The highest BCUT2D eigenvalue weighted by Gasteiger charge is 2.07. The predicted octanol–water partition coefficient (Wildman–Crippen LogP) is 2.14. The van der Waals surface area contributed by atoms with Crippen molar-refractivity contribution >= 4 is 26.8 Å². The molecule has 0 atom stereocenters. The van der Waals surface area contributed by atoms with Crippen LogP contribution in [0.4, 0.5) is 4.39 Å². The minimum Gasteiger partial charge on any atom is -0.507 e. The minimum absolute atomic E-state index is 0.0122. The van der Waals surface area contributed by atoms with Gasteiger partial charge in [0, 0.05) is 15.9 Å². The minimum atomic E-state index is -0.581. The quantitative estimate of drug-likeness (QED) is 0.760. The standard InChI is InChI=1S/C9H5BrFNO2/c10-4-1-5-7(13)3-8(14)12-9(5)6(11)2-4/h1-3H,(H2,12,13,14). The van der Waals surface area contributed by atoms with Gasteiger partial charge in [0.05, 0.1) is 5.52 Å². The first-order chi connectivity index (χ1) is 6.58. The summed E-state index contributed by atoms with van der Waals surface area (Å²) in [6.07, 6.45) is 0. The summed E-state index contributed by atoms with van der Waals surface area (Å²) in [6.45, 7) is 0. The maximum absolute atomic E-state index is 13.3. The lowest BCUT2D eigenvalue weighted by Crippen LogP contribution is -2.04. The molecule has 14 heavy (non-hydrogen) atoms. The third-order valence-corrected chi connectivity index (χ3v) is 2.30. The zero-order chi connectivity index (χ0) is 10.3. The number of aromatic nitrogens is 1. The molecule has 0 radical (unpaired) electrons. The first kappa shape index (κ1) is 9.21. The van der Waals surface area contributed by atoms with Crippen LogP contribution in [0.3, 0.4) is 0 Å². The molecule has 1 aromatic carbocycles. The molecule has 2 N–H and O–H groups in total. The molecule has 0 aliphatic heterocycles. The van der Waals surface area contributed by atoms with E-state index in [9.17, 15) is 14.3 Å². The average molecular weight is 258 g/mol. The van der Waals surface area contributed by atoms with Crippen LogP contribution < -0.4 is 5.56 Å². The van der Waals surface area contributed by atoms with Crippen molar-refractivity contribution in [2.45, 2.75) is 0 Å². The van der Waals surface area contributed by atoms with Gasteiger partial charge in [-0.2, -0.15) is 0 Å². The van der Waals surface area contributed by atoms with E-state index in [1.807, 2.05) is 0 Å². The number of aromatic amines is 1. The Kier molecular flexibility index (Phi) is 2.03. The second-order valence-corrected chi connectivity index (χ2v) is 3.74. The first-order valence-electron chi connectivity index (χ1n) is 3.79. The van der Waals surface area contributed by atoms with E-state index in [4.69, 9.17) is 0 Å². The Labute approximate surface area is 86.3 Å². The Balaban J connectivity index is 3.01. The number of benzene rings is 1. The van der Waals surface area contributed by atoms with Crippen LogP contribution in [-0.2, 0) is 0 Å². The first-order valence-corrected chi connectivity index (χ1v) is 4.58. The lowest BCUT2D eigenvalue weighted by Gasteiger charge is -2.02. The summed E-state index contributed by atoms with van der Waals surface area (Å²) < 4.78 is 13.8. The molecule has 0 bridgehead atoms. The molecule has 3 nitrogen and oxygen atoms in total. The zero-order valence-corrected chi connectivity index (χ0v) is 8.43. The Bertz CT molecular complexity index is 564. The summed E-state index contributed by atoms with van der Waals surface area (Å²) in [5.41, 5.74) is -0.519. The summed E-state index contributed by atoms with van der Waals surface area (Å²) in [7, 11) is 0. The van der Waals surface area contributed by atoms with E-state index >= 15 is 0 Å². The maximum Gasteiger partial charge on any atom is 0.252 e. The van der Waals surface area contributed by atoms with Gasteiger partial charge in [0.15, 0.2) is 0 Å². The van der Waals surface area contributed by atoms with Crippen LogP contribution in [0.15, 0.2) is 27.5 Å². The third kappa shape index (κ3) is 1.39. The maximum atomic E-state index is 13.3. The summed E-state index contributed by atoms with van der Waals surface area (Å²) in [4.78, 5) is 13.3. The van der Waals surface area contributed by atoms with Crippen LogP contribution >= 0.6 is 15.9 Å². The number of H-pyrrole nitrogens is 1. The molecule has 0 amide bonds. The van der Waals surface area contributed by atoms with Gasteiger partial charge in [0.1, 0.15) is 11.6 Å². The van der Waals surface area contributed by atoms with Crippen molar-refractivity contribution in [3.05, 3.63) is 38.8 Å². The molecule has 0 saturated heterocycles. The van der Waals surface area contributed by atoms with Crippen molar-refractivity contribution in [3.63, 3.8) is 0 Å². The second kappa shape index (κ2) is 3.09. The summed E-state index contributed by atoms with van der Waals surface area (Å²) in [5.74, 6) is -0.814. The SMILES string of the molecule is O=c1cc(O)c2cc(Br)cc(F)c2[nH]1. The molecular weight excluding hydrogens is 253 g/mol. The Morgan fingerprint density at radius 1 is 1.36 bits per heavy atom. The molecule has 0 aliphatic carbocycles. The molecule has 1 aromatic heterocycles. The van der Waals surface area contributed by atoms with Gasteiger partial charge >= 0.3 is 0 Å². The molecule has 2 rings (SSSR count). The molecule has 1 heterocycles. The van der Waals surface area contributed by atoms with Crippen LogP contribution in [0, 0.1) is 5.82 Å². The molecule has 0 unspecified atom stereocenters. The smallest absolute Gasteiger partial charge is 0.252 e. The van der Waals surface area contributed by atoms with E-state index < -0.39 is 11.4 Å². The molecule has 72 valence electrons. The lowest BCUT2D eigenvalue weighted by atomic mass is 10.2. The van der Waals surface area contributed by atoms with Gasteiger partial charge in [-0.3, -0.25) is 4.79 Å². The van der Waals surface area contributed by atoms with Gasteiger partial charge in [-0.1, -0.05) is 15.9 Å². The largest absolute Gasteiger partial charge is 0.507 e. The van der Waals surface area contributed by atoms with E-state index in [-0.39, 0.29) is 16.7 Å². The van der Waals surface area contributed by atoms with E-state index in [0.717, 1.165) is 6.07 Å². The number of hydrogen-bond acceptors (Lipinski definition) is 2. The molecule has 0 spiro atoms. The van der Waals surface area contributed by atoms with Crippen molar-refractivity contribution in [2.75, 3.05) is 0 Å². The van der Waals surface area contributed by atoms with Gasteiger partial charge in [0.25, 0.3) is 5.56 Å². The molecular formula is C9H5BrFNO2. The molecule has 0 aliphatic rings. The van der Waals surface area contributed by atoms with Crippen LogP contribution in [0.5, 0.6) is 5.75 Å². The topological polar surface area (TPSA) is 53.1 Å². The van der Waals surface area contributed by atoms with Crippen LogP contribution in [0.2, 0.25) is 0 Å². The number of rotatable bonds is 0. The fourth-order valence-electron chi connectivity index (χ4n) is 1.26. The molecule has 0 fully saturated rings. The Morgan fingerprint density at radius 2 is 2.07 bits per heavy atom. The highest BCUT2D eigenvalue weighted by Crippen LogP contribution is 2.26. The van der Waals surface area contributed by atoms with E-state index in [2.05, 4.69) is 20.9 Å². The van der Waals surface area contributed by atoms with Crippen molar-refractivity contribution in [3.8, 4) is 5.75 Å². The number of pyridine rings is 1. The Morgan fingerprint density at radius 3 is 2.79 bits per heavy atom. The van der Waals surface area contributed by atoms with Crippen molar-refractivity contribution in [2.24, 2.45) is 0 Å². The summed E-state index contributed by atoms with van der Waals surface area (Å²) in [6, 6.07) is 3.76. The second-order valence-electron chi connectivity index (χ2n) is 2.83. The third-order valence-electron chi connectivity index (χ3n) is 1.85. The van der Waals surface area contributed by atoms with Crippen LogP contribution in [0.1, 0.15) is 0 Å². The highest BCUT2D eigenvalue weighted by molar-refractivity contribution is 9.10. The van der Waals surface area contributed by atoms with Gasteiger partial charge < -0.3 is 10.1 Å². The number of nitrogens with one attached hydrogen (secondary N) is 1. The van der Waals surface area contributed by atoms with Crippen molar-refractivity contribution in [1.82, 2.24) is 4.98 Å². The zero-order valence-electron chi connectivity index (χ0n) is 6.84. The lowest BCUT2D eigenvalue weighted by molar-refractivity contribution is 0.480. The normalized spacial score (nSPS) is 10.7. The monoisotopic (exact) mass is 257 g/mol. The number of fused-ring (bicyclic) bond motifs is 1. The van der Waals surface area contributed by atoms with E-state index in [0.29, 0.717) is 4.47 Å². The molecule has 2 aromatic rings. The van der Waals surface area contributed by atoms with Crippen LogP contribution in [-0.4, -0.2) is 10.1 Å². The van der Waals surface area contributed by atoms with Gasteiger partial charge in [-0.15, -0.1) is 0 Å². The highest BCUT2D eigenvalue weighted by atomic mass is 79.9. The number of hydrogen-bond donors (Lipinski definition) is 2. The summed E-state index contributed by atoms with van der Waals surface area (Å²) >= 11 is 3.09. The van der Waals surface area contributed by atoms with Gasteiger partial charge in [-0.25, -0.2) is 4.39 Å². The fraction of sp³-hybridized carbons (Fsp3) is 0. The Hall–Kier alpha value is -1.36. The molecule has 5 heteroatoms. The molecule has 0 saturated carbocycles. The van der Waals surface area contributed by atoms with Gasteiger partial charge in [0.2, 0.25) is 0 Å². The van der Waals surface area contributed by atoms with Gasteiger partial charge in [-0.05, 0) is 12.1 Å². The number of aromatic hydroxyl groups is 1.